The van der Waals surface area contributed by atoms with Crippen LogP contribution in [0.1, 0.15) is 0 Å². The fourth-order valence-electron chi connectivity index (χ4n) is 0.842. The molecule has 0 saturated carbocycles. The maximum Gasteiger partial charge on any atom is 0.237 e. The molecular weight excluding hydrogens is 132 g/mol. The monoisotopic (exact) mass is 144 g/mol. The van der Waals surface area contributed by atoms with Gasteiger partial charge in [-0.15, -0.1) is 0 Å². The van der Waals surface area contributed by atoms with E-state index in [4.69, 9.17) is 10.5 Å². The van der Waals surface area contributed by atoms with Crippen molar-refractivity contribution in [3.63, 3.8) is 0 Å². The molecule has 0 aromatic rings. The van der Waals surface area contributed by atoms with Crippen molar-refractivity contribution in [3.05, 3.63) is 0 Å². The van der Waals surface area contributed by atoms with E-state index in [2.05, 4.69) is 5.32 Å². The molecule has 1 atom stereocenters. The number of nitrogens with one attached hydrogen (secondary N) is 1. The molecule has 1 aliphatic heterocycles. The first-order valence-corrected chi connectivity index (χ1v) is 3.30. The van der Waals surface area contributed by atoms with Crippen molar-refractivity contribution in [3.8, 4) is 0 Å². The van der Waals surface area contributed by atoms with Crippen LogP contribution < -0.4 is 11.1 Å². The van der Waals surface area contributed by atoms with Gasteiger partial charge >= 0.3 is 0 Å². The SMILES string of the molecule is CNC(=O)[C@@H](N)C1COC1. The van der Waals surface area contributed by atoms with E-state index in [1.54, 1.807) is 7.05 Å². The Hall–Kier alpha value is -0.610. The maximum atomic E-state index is 10.9. The molecule has 1 rings (SSSR count). The first-order chi connectivity index (χ1) is 4.75. The Morgan fingerprint density at radius 1 is 1.80 bits per heavy atom. The highest BCUT2D eigenvalue weighted by atomic mass is 16.5. The Labute approximate surface area is 59.7 Å². The summed E-state index contributed by atoms with van der Waals surface area (Å²) in [4.78, 5) is 10.9. The Kier molecular flexibility index (Phi) is 2.24. The van der Waals surface area contributed by atoms with Crippen LogP contribution in [-0.4, -0.2) is 32.2 Å². The van der Waals surface area contributed by atoms with E-state index < -0.39 is 6.04 Å². The molecule has 1 saturated heterocycles. The zero-order valence-corrected chi connectivity index (χ0v) is 5.96. The van der Waals surface area contributed by atoms with Gasteiger partial charge in [0.2, 0.25) is 5.91 Å². The van der Waals surface area contributed by atoms with Gasteiger partial charge in [-0.2, -0.15) is 0 Å². The summed E-state index contributed by atoms with van der Waals surface area (Å²) in [5, 5.41) is 2.49. The quantitative estimate of drug-likeness (QED) is 0.506. The van der Waals surface area contributed by atoms with Gasteiger partial charge in [-0.3, -0.25) is 4.79 Å². The number of nitrogens with two attached hydrogens (primary N) is 1. The van der Waals surface area contributed by atoms with E-state index in [9.17, 15) is 4.79 Å². The summed E-state index contributed by atoms with van der Waals surface area (Å²) >= 11 is 0. The van der Waals surface area contributed by atoms with Crippen molar-refractivity contribution in [2.24, 2.45) is 11.7 Å². The molecule has 0 aliphatic carbocycles. The molecule has 0 unspecified atom stereocenters. The molecule has 0 aromatic heterocycles. The highest BCUT2D eigenvalue weighted by molar-refractivity contribution is 5.81. The van der Waals surface area contributed by atoms with Gasteiger partial charge < -0.3 is 15.8 Å². The molecule has 3 N–H and O–H groups in total. The van der Waals surface area contributed by atoms with Crippen molar-refractivity contribution < 1.29 is 9.53 Å². The second-order valence-electron chi connectivity index (χ2n) is 2.44. The van der Waals surface area contributed by atoms with E-state index in [1.807, 2.05) is 0 Å². The van der Waals surface area contributed by atoms with Crippen LogP contribution in [0.25, 0.3) is 0 Å². The summed E-state index contributed by atoms with van der Waals surface area (Å²) in [6.45, 7) is 1.24. The van der Waals surface area contributed by atoms with Crippen LogP contribution in [0.5, 0.6) is 0 Å². The normalized spacial score (nSPS) is 21.4. The molecule has 0 bridgehead atoms. The van der Waals surface area contributed by atoms with Gasteiger partial charge in [0.05, 0.1) is 19.3 Å². The number of ether oxygens (including phenoxy) is 1. The predicted molar refractivity (Wildman–Crippen MR) is 36.4 cm³/mol. The van der Waals surface area contributed by atoms with Crippen LogP contribution in [-0.2, 0) is 9.53 Å². The molecule has 0 radical (unpaired) electrons. The Morgan fingerprint density at radius 3 is 2.70 bits per heavy atom. The number of rotatable bonds is 2. The van der Waals surface area contributed by atoms with Crippen LogP contribution in [0.15, 0.2) is 0 Å². The lowest BCUT2D eigenvalue weighted by molar-refractivity contribution is -0.128. The molecule has 1 fully saturated rings. The van der Waals surface area contributed by atoms with Crippen molar-refractivity contribution in [2.75, 3.05) is 20.3 Å². The fraction of sp³-hybridized carbons (Fsp3) is 0.833. The minimum Gasteiger partial charge on any atom is -0.381 e. The Morgan fingerprint density at radius 2 is 2.40 bits per heavy atom. The number of carbonyl (C=O) groups is 1. The van der Waals surface area contributed by atoms with Gasteiger partial charge in [0, 0.05) is 13.0 Å². The lowest BCUT2D eigenvalue weighted by atomic mass is 9.98. The summed E-state index contributed by atoms with van der Waals surface area (Å²) in [5.74, 6) is 0.119. The van der Waals surface area contributed by atoms with Crippen LogP contribution >= 0.6 is 0 Å². The average molecular weight is 144 g/mol. The third-order valence-electron chi connectivity index (χ3n) is 1.72. The van der Waals surface area contributed by atoms with Gasteiger partial charge in [0.15, 0.2) is 0 Å². The van der Waals surface area contributed by atoms with Crippen molar-refractivity contribution in [2.45, 2.75) is 6.04 Å². The van der Waals surface area contributed by atoms with Crippen LogP contribution in [0, 0.1) is 5.92 Å². The first kappa shape index (κ1) is 7.50. The van der Waals surface area contributed by atoms with Gasteiger partial charge in [-0.05, 0) is 0 Å². The van der Waals surface area contributed by atoms with Crippen LogP contribution in [0.3, 0.4) is 0 Å². The molecule has 58 valence electrons. The Bertz CT molecular complexity index is 134. The highest BCUT2D eigenvalue weighted by Crippen LogP contribution is 2.12. The Balaban J connectivity index is 2.31. The van der Waals surface area contributed by atoms with Crippen molar-refractivity contribution >= 4 is 5.91 Å². The molecule has 4 nitrogen and oxygen atoms in total. The van der Waals surface area contributed by atoms with Gasteiger partial charge in [-0.25, -0.2) is 0 Å². The smallest absolute Gasteiger partial charge is 0.237 e. The molecule has 0 aromatic carbocycles. The molecule has 4 heteroatoms. The molecular formula is C6H12N2O2. The summed E-state index contributed by atoms with van der Waals surface area (Å²) in [5.41, 5.74) is 5.54. The topological polar surface area (TPSA) is 64.4 Å². The van der Waals surface area contributed by atoms with Gasteiger partial charge in [0.1, 0.15) is 0 Å². The van der Waals surface area contributed by atoms with Crippen LogP contribution in [0.4, 0.5) is 0 Å². The summed E-state index contributed by atoms with van der Waals surface area (Å²) in [6, 6.07) is -0.390. The van der Waals surface area contributed by atoms with Gasteiger partial charge in [-0.1, -0.05) is 0 Å². The minimum atomic E-state index is -0.390. The second kappa shape index (κ2) is 2.98. The third-order valence-corrected chi connectivity index (χ3v) is 1.72. The van der Waals surface area contributed by atoms with E-state index in [-0.39, 0.29) is 11.8 Å². The summed E-state index contributed by atoms with van der Waals surface area (Å²) in [7, 11) is 1.59. The maximum absolute atomic E-state index is 10.9. The van der Waals surface area contributed by atoms with E-state index in [0.717, 1.165) is 0 Å². The fourth-order valence-corrected chi connectivity index (χ4v) is 0.842. The standard InChI is InChI=1S/C6H12N2O2/c1-8-6(9)5(7)4-2-10-3-4/h4-5H,2-3,7H2,1H3,(H,8,9)/t5-/m0/s1. The largest absolute Gasteiger partial charge is 0.381 e. The third kappa shape index (κ3) is 1.27. The molecule has 1 amide bonds. The zero-order valence-electron chi connectivity index (χ0n) is 5.96. The number of amides is 1. The summed E-state index contributed by atoms with van der Waals surface area (Å²) < 4.78 is 4.89. The summed E-state index contributed by atoms with van der Waals surface area (Å²) in [6.07, 6.45) is 0. The highest BCUT2D eigenvalue weighted by Gasteiger charge is 2.29. The second-order valence-corrected chi connectivity index (χ2v) is 2.44. The number of hydrogen-bond donors (Lipinski definition) is 2. The first-order valence-electron chi connectivity index (χ1n) is 3.30. The minimum absolute atomic E-state index is 0.103. The van der Waals surface area contributed by atoms with Crippen molar-refractivity contribution in [1.82, 2.24) is 5.32 Å². The van der Waals surface area contributed by atoms with E-state index >= 15 is 0 Å². The number of carbonyl (C=O) groups excluding carboxylic acids is 1. The van der Waals surface area contributed by atoms with Gasteiger partial charge in [0.25, 0.3) is 0 Å². The van der Waals surface area contributed by atoms with E-state index in [0.29, 0.717) is 13.2 Å². The van der Waals surface area contributed by atoms with E-state index in [1.165, 1.54) is 0 Å². The van der Waals surface area contributed by atoms with Crippen LogP contribution in [0.2, 0.25) is 0 Å². The number of likely N-dealkylation sites (N-methyl/N-ethyl adjacent to an activating group) is 1. The number of hydrogen-bond acceptors (Lipinski definition) is 3. The van der Waals surface area contributed by atoms with Crippen molar-refractivity contribution in [1.29, 1.82) is 0 Å². The lowest BCUT2D eigenvalue weighted by Gasteiger charge is -2.29. The molecule has 1 aliphatic rings. The zero-order chi connectivity index (χ0) is 7.56. The molecule has 10 heavy (non-hydrogen) atoms. The lowest BCUT2D eigenvalue weighted by Crippen LogP contribution is -2.51. The molecule has 0 spiro atoms. The predicted octanol–water partition coefficient (Wildman–Crippen LogP) is -1.29. The molecule has 1 heterocycles. The average Bonchev–Trinajstić information content (AvgIpc) is 1.82.